The molecule has 38 heavy (non-hydrogen) atoms. The van der Waals surface area contributed by atoms with E-state index in [2.05, 4.69) is 10.6 Å². The molecule has 1 heterocycles. The molecule has 0 fully saturated rings. The summed E-state index contributed by atoms with van der Waals surface area (Å²) in [5, 5.41) is 5.80. The molecule has 0 aromatic heterocycles. The second-order valence-corrected chi connectivity index (χ2v) is 10.6. The van der Waals surface area contributed by atoms with Crippen molar-refractivity contribution in [2.24, 2.45) is 5.73 Å². The Bertz CT molecular complexity index is 1310. The normalized spacial score (nSPS) is 15.4. The minimum Gasteiger partial charge on any atom is -0.352 e. The van der Waals surface area contributed by atoms with Gasteiger partial charge in [-0.05, 0) is 60.6 Å². The molecule has 4 N–H and O–H groups in total. The summed E-state index contributed by atoms with van der Waals surface area (Å²) in [7, 11) is 0. The number of fused-ring (bicyclic) bond motifs is 1. The molecule has 0 unspecified atom stereocenters. The lowest BCUT2D eigenvalue weighted by Crippen LogP contribution is -2.49. The summed E-state index contributed by atoms with van der Waals surface area (Å²) in [5.41, 5.74) is 11.4. The third-order valence-electron chi connectivity index (χ3n) is 6.65. The van der Waals surface area contributed by atoms with E-state index in [4.69, 9.17) is 5.73 Å². The summed E-state index contributed by atoms with van der Waals surface area (Å²) in [4.78, 5) is 39.5. The zero-order chi connectivity index (χ0) is 27.3. The predicted octanol–water partition coefficient (Wildman–Crippen LogP) is 4.08. The van der Waals surface area contributed by atoms with E-state index < -0.39 is 11.6 Å². The highest BCUT2D eigenvalue weighted by Crippen LogP contribution is 2.30. The van der Waals surface area contributed by atoms with Gasteiger partial charge in [0.05, 0.1) is 6.54 Å². The number of aryl methyl sites for hydroxylation is 1. The van der Waals surface area contributed by atoms with Crippen LogP contribution in [0.2, 0.25) is 0 Å². The highest BCUT2D eigenvalue weighted by Gasteiger charge is 2.32. The van der Waals surface area contributed by atoms with Crippen LogP contribution in [0.4, 0.5) is 5.69 Å². The fraction of sp³-hybridized carbons (Fsp3) is 0.323. The number of nitrogens with one attached hydrogen (secondary N) is 2. The standard InChI is InChI=1S/C31H36N4O3/c1-21(36)33-19-25-9-4-6-10-26(25)23-14-12-22(13-15-23)20-35-28-11-7-5-8-24(28)16-17-27(30(35)38)34-29(37)18-31(2,3)32/h4-15,27H,16-20,32H2,1-3H3,(H,33,36)(H,34,37)/t27-/m1/s1. The van der Waals surface area contributed by atoms with E-state index in [9.17, 15) is 14.4 Å². The second kappa shape index (κ2) is 11.6. The van der Waals surface area contributed by atoms with Crippen molar-refractivity contribution < 1.29 is 14.4 Å². The number of carbonyl (C=O) groups excluding carboxylic acids is 3. The fourth-order valence-electron chi connectivity index (χ4n) is 4.82. The maximum Gasteiger partial charge on any atom is 0.249 e. The van der Waals surface area contributed by atoms with Crippen LogP contribution in [0, 0.1) is 0 Å². The van der Waals surface area contributed by atoms with Crippen LogP contribution in [-0.4, -0.2) is 29.3 Å². The minimum atomic E-state index is -0.650. The van der Waals surface area contributed by atoms with Gasteiger partial charge in [0.25, 0.3) is 0 Å². The molecule has 198 valence electrons. The monoisotopic (exact) mass is 512 g/mol. The quantitative estimate of drug-likeness (QED) is 0.423. The van der Waals surface area contributed by atoms with Gasteiger partial charge in [0.2, 0.25) is 17.7 Å². The first-order valence-electron chi connectivity index (χ1n) is 13.0. The minimum absolute atomic E-state index is 0.0706. The maximum atomic E-state index is 13.7. The Labute approximate surface area is 224 Å². The van der Waals surface area contributed by atoms with Gasteiger partial charge in [-0.15, -0.1) is 0 Å². The fourth-order valence-corrected chi connectivity index (χ4v) is 4.82. The summed E-state index contributed by atoms with van der Waals surface area (Å²) in [5.74, 6) is -0.411. The van der Waals surface area contributed by atoms with Gasteiger partial charge in [0.15, 0.2) is 0 Å². The molecule has 3 aromatic rings. The van der Waals surface area contributed by atoms with Gasteiger partial charge >= 0.3 is 0 Å². The number of anilines is 1. The molecular weight excluding hydrogens is 476 g/mol. The van der Waals surface area contributed by atoms with Crippen molar-refractivity contribution in [1.29, 1.82) is 0 Å². The first-order chi connectivity index (χ1) is 18.1. The second-order valence-electron chi connectivity index (χ2n) is 10.6. The molecule has 4 rings (SSSR count). The molecule has 7 nitrogen and oxygen atoms in total. The van der Waals surface area contributed by atoms with Crippen molar-refractivity contribution in [2.75, 3.05) is 4.90 Å². The highest BCUT2D eigenvalue weighted by atomic mass is 16.2. The highest BCUT2D eigenvalue weighted by molar-refractivity contribution is 6.00. The van der Waals surface area contributed by atoms with Gasteiger partial charge in [-0.25, -0.2) is 0 Å². The molecule has 1 aliphatic heterocycles. The molecule has 0 spiro atoms. The van der Waals surface area contributed by atoms with Crippen LogP contribution in [-0.2, 0) is 33.9 Å². The average Bonchev–Trinajstić information content (AvgIpc) is 2.99. The van der Waals surface area contributed by atoms with Crippen molar-refractivity contribution >= 4 is 23.4 Å². The molecule has 7 heteroatoms. The Balaban J connectivity index is 1.56. The lowest BCUT2D eigenvalue weighted by atomic mass is 9.98. The molecule has 0 aliphatic carbocycles. The molecule has 3 aromatic carbocycles. The summed E-state index contributed by atoms with van der Waals surface area (Å²) >= 11 is 0. The number of para-hydroxylation sites is 1. The third kappa shape index (κ3) is 6.86. The van der Waals surface area contributed by atoms with Gasteiger partial charge in [-0.3, -0.25) is 14.4 Å². The van der Waals surface area contributed by atoms with Crippen LogP contribution >= 0.6 is 0 Å². The van der Waals surface area contributed by atoms with Crippen molar-refractivity contribution in [3.05, 3.63) is 89.5 Å². The molecule has 1 aliphatic rings. The zero-order valence-electron chi connectivity index (χ0n) is 22.3. The molecule has 0 saturated carbocycles. The summed E-state index contributed by atoms with van der Waals surface area (Å²) in [6, 6.07) is 23.4. The number of nitrogens with two attached hydrogens (primary N) is 1. The van der Waals surface area contributed by atoms with Gasteiger partial charge in [0, 0.05) is 31.1 Å². The Kier molecular flexibility index (Phi) is 8.27. The van der Waals surface area contributed by atoms with Crippen LogP contribution < -0.4 is 21.3 Å². The van der Waals surface area contributed by atoms with Gasteiger partial charge < -0.3 is 21.3 Å². The number of hydrogen-bond acceptors (Lipinski definition) is 4. The van der Waals surface area contributed by atoms with E-state index in [1.54, 1.807) is 18.7 Å². The lowest BCUT2D eigenvalue weighted by Gasteiger charge is -2.27. The third-order valence-corrected chi connectivity index (χ3v) is 6.65. The molecule has 0 radical (unpaired) electrons. The number of nitrogens with zero attached hydrogens (tertiary/aromatic N) is 1. The first kappa shape index (κ1) is 27.1. The SMILES string of the molecule is CC(=O)NCc1ccccc1-c1ccc(CN2C(=O)[C@H](NC(=O)CC(C)(C)N)CCc3ccccc32)cc1. The molecular formula is C31H36N4O3. The Morgan fingerprint density at radius 2 is 1.68 bits per heavy atom. The van der Waals surface area contributed by atoms with Crippen LogP contribution in [0.3, 0.4) is 0 Å². The molecule has 3 amide bonds. The molecule has 0 saturated heterocycles. The Morgan fingerprint density at radius 3 is 2.39 bits per heavy atom. The van der Waals surface area contributed by atoms with E-state index in [-0.39, 0.29) is 24.1 Å². The Morgan fingerprint density at radius 1 is 1.00 bits per heavy atom. The van der Waals surface area contributed by atoms with E-state index in [1.807, 2.05) is 72.8 Å². The largest absolute Gasteiger partial charge is 0.352 e. The van der Waals surface area contributed by atoms with Crippen LogP contribution in [0.5, 0.6) is 0 Å². The lowest BCUT2D eigenvalue weighted by molar-refractivity contribution is -0.128. The van der Waals surface area contributed by atoms with Crippen LogP contribution in [0.25, 0.3) is 11.1 Å². The predicted molar refractivity (Wildman–Crippen MR) is 150 cm³/mol. The number of benzene rings is 3. The van der Waals surface area contributed by atoms with Gasteiger partial charge in [-0.2, -0.15) is 0 Å². The van der Waals surface area contributed by atoms with Crippen molar-refractivity contribution in [3.63, 3.8) is 0 Å². The summed E-state index contributed by atoms with van der Waals surface area (Å²) < 4.78 is 0. The zero-order valence-corrected chi connectivity index (χ0v) is 22.3. The van der Waals surface area contributed by atoms with E-state index >= 15 is 0 Å². The summed E-state index contributed by atoms with van der Waals surface area (Å²) in [6.45, 7) is 5.95. The van der Waals surface area contributed by atoms with Crippen molar-refractivity contribution in [1.82, 2.24) is 10.6 Å². The molecule has 1 atom stereocenters. The maximum absolute atomic E-state index is 13.7. The Hall–Kier alpha value is -3.97. The van der Waals surface area contributed by atoms with Crippen LogP contribution in [0.1, 0.15) is 50.3 Å². The van der Waals surface area contributed by atoms with Crippen molar-refractivity contribution in [3.8, 4) is 11.1 Å². The van der Waals surface area contributed by atoms with Gasteiger partial charge in [-0.1, -0.05) is 66.7 Å². The smallest absolute Gasteiger partial charge is 0.249 e. The van der Waals surface area contributed by atoms with Crippen molar-refractivity contribution in [2.45, 2.75) is 64.7 Å². The van der Waals surface area contributed by atoms with Gasteiger partial charge in [0.1, 0.15) is 6.04 Å². The first-order valence-corrected chi connectivity index (χ1v) is 13.0. The van der Waals surface area contributed by atoms with E-state index in [0.717, 1.165) is 33.5 Å². The number of carbonyl (C=O) groups is 3. The van der Waals surface area contributed by atoms with Crippen LogP contribution in [0.15, 0.2) is 72.8 Å². The average molecular weight is 513 g/mol. The molecule has 0 bridgehead atoms. The van der Waals surface area contributed by atoms with E-state index in [1.165, 1.54) is 6.92 Å². The number of rotatable bonds is 8. The number of hydrogen-bond donors (Lipinski definition) is 3. The number of amides is 3. The summed E-state index contributed by atoms with van der Waals surface area (Å²) in [6.07, 6.45) is 1.38. The topological polar surface area (TPSA) is 105 Å². The van der Waals surface area contributed by atoms with E-state index in [0.29, 0.717) is 25.9 Å².